The van der Waals surface area contributed by atoms with Crippen LogP contribution in [0.1, 0.15) is 15.9 Å². The predicted octanol–water partition coefficient (Wildman–Crippen LogP) is 3.26. The van der Waals surface area contributed by atoms with Crippen molar-refractivity contribution in [2.75, 3.05) is 7.11 Å². The summed E-state index contributed by atoms with van der Waals surface area (Å²) in [6, 6.07) is 11.3. The number of ether oxygens (including phenoxy) is 1. The molecular weight excluding hydrogens is 295 g/mol. The summed E-state index contributed by atoms with van der Waals surface area (Å²) in [6.07, 6.45) is 1.98. The van der Waals surface area contributed by atoms with Crippen LogP contribution >= 0.6 is 0 Å². The van der Waals surface area contributed by atoms with Crippen molar-refractivity contribution in [1.82, 2.24) is 9.88 Å². The highest BCUT2D eigenvalue weighted by atomic mass is 19.1. The first-order valence-electron chi connectivity index (χ1n) is 7.24. The van der Waals surface area contributed by atoms with E-state index in [0.29, 0.717) is 12.1 Å². The molecule has 118 valence electrons. The van der Waals surface area contributed by atoms with Gasteiger partial charge in [0, 0.05) is 36.3 Å². The van der Waals surface area contributed by atoms with Gasteiger partial charge in [-0.25, -0.2) is 4.39 Å². The van der Waals surface area contributed by atoms with Crippen molar-refractivity contribution in [3.05, 3.63) is 65.6 Å². The third-order valence-corrected chi connectivity index (χ3v) is 3.82. The lowest BCUT2D eigenvalue weighted by Crippen LogP contribution is -2.22. The smallest absolute Gasteiger partial charge is 0.251 e. The lowest BCUT2D eigenvalue weighted by Gasteiger charge is -2.05. The number of carbonyl (C=O) groups is 1. The molecular formula is C18H17FN2O2. The summed E-state index contributed by atoms with van der Waals surface area (Å²) in [4.78, 5) is 12.1. The Labute approximate surface area is 133 Å². The Balaban J connectivity index is 1.81. The number of nitrogens with one attached hydrogen (secondary N) is 1. The Morgan fingerprint density at radius 1 is 1.22 bits per heavy atom. The monoisotopic (exact) mass is 312 g/mol. The van der Waals surface area contributed by atoms with Gasteiger partial charge in [0.1, 0.15) is 11.6 Å². The molecule has 1 aromatic heterocycles. The Morgan fingerprint density at radius 3 is 2.65 bits per heavy atom. The number of hydrogen-bond donors (Lipinski definition) is 1. The second-order valence-corrected chi connectivity index (χ2v) is 5.34. The van der Waals surface area contributed by atoms with Crippen LogP contribution < -0.4 is 10.1 Å². The Kier molecular flexibility index (Phi) is 4.02. The van der Waals surface area contributed by atoms with E-state index in [2.05, 4.69) is 5.32 Å². The molecule has 1 N–H and O–H groups in total. The van der Waals surface area contributed by atoms with Crippen molar-refractivity contribution >= 4 is 16.8 Å². The minimum Gasteiger partial charge on any atom is -0.497 e. The average Bonchev–Trinajstić information content (AvgIpc) is 2.88. The van der Waals surface area contributed by atoms with Crippen LogP contribution in [0.3, 0.4) is 0 Å². The molecule has 5 heteroatoms. The van der Waals surface area contributed by atoms with Gasteiger partial charge in [-0.15, -0.1) is 0 Å². The summed E-state index contributed by atoms with van der Waals surface area (Å²) in [5.41, 5.74) is 2.50. The normalized spacial score (nSPS) is 10.7. The fraction of sp³-hybridized carbons (Fsp3) is 0.167. The van der Waals surface area contributed by atoms with Crippen molar-refractivity contribution < 1.29 is 13.9 Å². The van der Waals surface area contributed by atoms with Crippen LogP contribution in [0, 0.1) is 5.82 Å². The maximum atomic E-state index is 12.9. The molecule has 2 aromatic carbocycles. The zero-order valence-corrected chi connectivity index (χ0v) is 13.0. The molecule has 4 nitrogen and oxygen atoms in total. The molecule has 1 heterocycles. The van der Waals surface area contributed by atoms with Gasteiger partial charge in [0.25, 0.3) is 5.91 Å². The zero-order valence-electron chi connectivity index (χ0n) is 13.0. The third kappa shape index (κ3) is 3.04. The number of amides is 1. The number of methoxy groups -OCH3 is 1. The first-order chi connectivity index (χ1) is 11.1. The topological polar surface area (TPSA) is 43.3 Å². The van der Waals surface area contributed by atoms with E-state index < -0.39 is 0 Å². The fourth-order valence-electron chi connectivity index (χ4n) is 2.60. The van der Waals surface area contributed by atoms with Crippen molar-refractivity contribution in [3.63, 3.8) is 0 Å². The van der Waals surface area contributed by atoms with E-state index in [0.717, 1.165) is 22.2 Å². The summed E-state index contributed by atoms with van der Waals surface area (Å²) >= 11 is 0. The predicted molar refractivity (Wildman–Crippen MR) is 87.0 cm³/mol. The van der Waals surface area contributed by atoms with E-state index in [-0.39, 0.29) is 11.7 Å². The lowest BCUT2D eigenvalue weighted by atomic mass is 10.1. The van der Waals surface area contributed by atoms with Gasteiger partial charge in [-0.1, -0.05) is 0 Å². The van der Waals surface area contributed by atoms with Gasteiger partial charge in [-0.2, -0.15) is 0 Å². The average molecular weight is 312 g/mol. The maximum Gasteiger partial charge on any atom is 0.251 e. The molecule has 0 fully saturated rings. The molecule has 0 saturated carbocycles. The largest absolute Gasteiger partial charge is 0.497 e. The van der Waals surface area contributed by atoms with Crippen LogP contribution in [0.4, 0.5) is 4.39 Å². The molecule has 3 aromatic rings. The van der Waals surface area contributed by atoms with Gasteiger partial charge in [0.15, 0.2) is 0 Å². The zero-order chi connectivity index (χ0) is 16.4. The maximum absolute atomic E-state index is 12.9. The summed E-state index contributed by atoms with van der Waals surface area (Å²) in [5, 5.41) is 3.90. The Morgan fingerprint density at radius 2 is 1.96 bits per heavy atom. The van der Waals surface area contributed by atoms with Gasteiger partial charge >= 0.3 is 0 Å². The molecule has 0 aliphatic carbocycles. The molecule has 0 aliphatic rings. The first kappa shape index (κ1) is 15.1. The molecule has 0 spiro atoms. The number of aryl methyl sites for hydroxylation is 1. The van der Waals surface area contributed by atoms with Crippen molar-refractivity contribution in [3.8, 4) is 5.75 Å². The number of fused-ring (bicyclic) bond motifs is 1. The van der Waals surface area contributed by atoms with Crippen molar-refractivity contribution in [1.29, 1.82) is 0 Å². The fourth-order valence-corrected chi connectivity index (χ4v) is 2.60. The highest BCUT2D eigenvalue weighted by Crippen LogP contribution is 2.25. The molecule has 23 heavy (non-hydrogen) atoms. The number of hydrogen-bond acceptors (Lipinski definition) is 2. The van der Waals surface area contributed by atoms with E-state index in [1.165, 1.54) is 24.3 Å². The van der Waals surface area contributed by atoms with Crippen LogP contribution in [0.25, 0.3) is 10.9 Å². The Bertz CT molecular complexity index is 853. The number of carbonyl (C=O) groups excluding carboxylic acids is 1. The van der Waals surface area contributed by atoms with E-state index >= 15 is 0 Å². The minimum absolute atomic E-state index is 0.232. The molecule has 0 radical (unpaired) electrons. The summed E-state index contributed by atoms with van der Waals surface area (Å²) in [6.45, 7) is 0.390. The SMILES string of the molecule is COc1ccc2c(c1)c(CNC(=O)c1ccc(F)cc1)cn2C. The Hall–Kier alpha value is -2.82. The van der Waals surface area contributed by atoms with E-state index in [1.54, 1.807) is 7.11 Å². The first-order valence-corrected chi connectivity index (χ1v) is 7.24. The summed E-state index contributed by atoms with van der Waals surface area (Å²) < 4.78 is 20.2. The third-order valence-electron chi connectivity index (χ3n) is 3.82. The summed E-state index contributed by atoms with van der Waals surface area (Å²) in [5.74, 6) is 0.183. The van der Waals surface area contributed by atoms with Crippen LogP contribution in [0.5, 0.6) is 5.75 Å². The standard InChI is InChI=1S/C18H17FN2O2/c1-21-11-13(16-9-15(23-2)7-8-17(16)21)10-20-18(22)12-3-5-14(19)6-4-12/h3-9,11H,10H2,1-2H3,(H,20,22). The highest BCUT2D eigenvalue weighted by molar-refractivity contribution is 5.94. The van der Waals surface area contributed by atoms with Gasteiger partial charge in [0.2, 0.25) is 0 Å². The molecule has 0 aliphatic heterocycles. The number of rotatable bonds is 4. The van der Waals surface area contributed by atoms with E-state index in [1.807, 2.05) is 36.0 Å². The second kappa shape index (κ2) is 6.12. The van der Waals surface area contributed by atoms with Crippen LogP contribution in [-0.2, 0) is 13.6 Å². The molecule has 3 rings (SSSR count). The second-order valence-electron chi connectivity index (χ2n) is 5.34. The molecule has 0 atom stereocenters. The van der Waals surface area contributed by atoms with Crippen molar-refractivity contribution in [2.24, 2.45) is 7.05 Å². The van der Waals surface area contributed by atoms with E-state index in [4.69, 9.17) is 4.74 Å². The molecule has 0 unspecified atom stereocenters. The quantitative estimate of drug-likeness (QED) is 0.803. The van der Waals surface area contributed by atoms with Crippen molar-refractivity contribution in [2.45, 2.75) is 6.54 Å². The minimum atomic E-state index is -0.359. The van der Waals surface area contributed by atoms with Gasteiger partial charge in [-0.3, -0.25) is 4.79 Å². The number of nitrogens with zero attached hydrogens (tertiary/aromatic N) is 1. The number of halogens is 1. The molecule has 1 amide bonds. The van der Waals surface area contributed by atoms with E-state index in [9.17, 15) is 9.18 Å². The van der Waals surface area contributed by atoms with Crippen LogP contribution in [0.15, 0.2) is 48.7 Å². The van der Waals surface area contributed by atoms with Crippen LogP contribution in [0.2, 0.25) is 0 Å². The molecule has 0 bridgehead atoms. The number of aromatic nitrogens is 1. The van der Waals surface area contributed by atoms with Gasteiger partial charge in [-0.05, 0) is 48.0 Å². The molecule has 0 saturated heterocycles. The number of benzene rings is 2. The van der Waals surface area contributed by atoms with Gasteiger partial charge < -0.3 is 14.6 Å². The van der Waals surface area contributed by atoms with Crippen LogP contribution in [-0.4, -0.2) is 17.6 Å². The highest BCUT2D eigenvalue weighted by Gasteiger charge is 2.10. The lowest BCUT2D eigenvalue weighted by molar-refractivity contribution is 0.0951. The summed E-state index contributed by atoms with van der Waals surface area (Å²) in [7, 11) is 3.58. The van der Waals surface area contributed by atoms with Gasteiger partial charge in [0.05, 0.1) is 7.11 Å².